The van der Waals surface area contributed by atoms with Gasteiger partial charge in [0.25, 0.3) is 0 Å². The molecule has 1 aromatic carbocycles. The number of nitrogens with zero attached hydrogens (tertiary/aromatic N) is 2. The molecule has 29 heavy (non-hydrogen) atoms. The van der Waals surface area contributed by atoms with Crippen LogP contribution in [0.3, 0.4) is 0 Å². The van der Waals surface area contributed by atoms with Crippen molar-refractivity contribution < 1.29 is 19.1 Å². The molecule has 0 spiro atoms. The number of carbonyl (C=O) groups is 2. The zero-order chi connectivity index (χ0) is 20.8. The lowest BCUT2D eigenvalue weighted by molar-refractivity contribution is 0.0468. The van der Waals surface area contributed by atoms with Gasteiger partial charge in [0.05, 0.1) is 7.11 Å². The quantitative estimate of drug-likeness (QED) is 0.431. The molecule has 150 valence electrons. The normalized spacial score (nSPS) is 10.6. The molecular formula is C23H24N2O4. The average Bonchev–Trinajstić information content (AvgIpc) is 3.04. The third kappa shape index (κ3) is 4.90. The first-order valence-corrected chi connectivity index (χ1v) is 9.40. The molecule has 0 amide bonds. The Morgan fingerprint density at radius 3 is 2.48 bits per heavy atom. The topological polar surface area (TPSA) is 70.4 Å². The number of methoxy groups -OCH3 is 1. The van der Waals surface area contributed by atoms with E-state index in [9.17, 15) is 9.59 Å². The lowest BCUT2D eigenvalue weighted by Gasteiger charge is -2.10. The van der Waals surface area contributed by atoms with Crippen molar-refractivity contribution in [2.24, 2.45) is 0 Å². The Kier molecular flexibility index (Phi) is 6.44. The molecule has 0 aliphatic rings. The fraction of sp³-hybridized carbons (Fsp3) is 0.261. The Balaban J connectivity index is 1.63. The number of hydrogen-bond donors (Lipinski definition) is 0. The van der Waals surface area contributed by atoms with Crippen molar-refractivity contribution in [3.63, 3.8) is 0 Å². The number of ketones is 1. The Morgan fingerprint density at radius 2 is 1.83 bits per heavy atom. The van der Waals surface area contributed by atoms with Crippen LogP contribution in [0.2, 0.25) is 0 Å². The number of hydrogen-bond acceptors (Lipinski definition) is 5. The van der Waals surface area contributed by atoms with Gasteiger partial charge in [0.2, 0.25) is 5.78 Å². The molecule has 2 heterocycles. The molecule has 3 aromatic rings. The Labute approximate surface area is 170 Å². The molecule has 0 saturated heterocycles. The highest BCUT2D eigenvalue weighted by atomic mass is 16.5. The van der Waals surface area contributed by atoms with Crippen LogP contribution in [-0.2, 0) is 17.7 Å². The summed E-state index contributed by atoms with van der Waals surface area (Å²) in [5.41, 5.74) is 3.82. The highest BCUT2D eigenvalue weighted by Crippen LogP contribution is 2.18. The SMILES string of the molecule is COc1ccc(CCn2c(C)cc(C(=O)COC(=O)c3ccccn3)c2C)cc1. The molecule has 6 heteroatoms. The maximum absolute atomic E-state index is 12.6. The van der Waals surface area contributed by atoms with E-state index in [1.54, 1.807) is 25.3 Å². The highest BCUT2D eigenvalue weighted by Gasteiger charge is 2.18. The van der Waals surface area contributed by atoms with Crippen LogP contribution in [0, 0.1) is 13.8 Å². The van der Waals surface area contributed by atoms with Gasteiger partial charge >= 0.3 is 5.97 Å². The maximum Gasteiger partial charge on any atom is 0.357 e. The lowest BCUT2D eigenvalue weighted by atomic mass is 10.1. The average molecular weight is 392 g/mol. The molecule has 0 aliphatic heterocycles. The molecule has 0 fully saturated rings. The van der Waals surface area contributed by atoms with Crippen LogP contribution in [0.15, 0.2) is 54.7 Å². The van der Waals surface area contributed by atoms with Crippen molar-refractivity contribution in [2.75, 3.05) is 13.7 Å². The number of carbonyl (C=O) groups excluding carboxylic acids is 2. The van der Waals surface area contributed by atoms with Crippen molar-refractivity contribution in [3.05, 3.63) is 82.9 Å². The number of benzene rings is 1. The second-order valence-electron chi connectivity index (χ2n) is 6.75. The Bertz CT molecular complexity index is 992. The summed E-state index contributed by atoms with van der Waals surface area (Å²) in [4.78, 5) is 28.5. The molecule has 0 unspecified atom stereocenters. The number of rotatable bonds is 8. The number of aryl methyl sites for hydroxylation is 2. The van der Waals surface area contributed by atoms with Crippen LogP contribution in [0.25, 0.3) is 0 Å². The molecule has 2 aromatic heterocycles. The van der Waals surface area contributed by atoms with Gasteiger partial charge in [-0.2, -0.15) is 0 Å². The minimum atomic E-state index is -0.604. The summed E-state index contributed by atoms with van der Waals surface area (Å²) in [5, 5.41) is 0. The van der Waals surface area contributed by atoms with Crippen LogP contribution in [-0.4, -0.2) is 35.0 Å². The summed E-state index contributed by atoms with van der Waals surface area (Å²) in [6, 6.07) is 14.8. The van der Waals surface area contributed by atoms with E-state index in [0.29, 0.717) is 5.56 Å². The molecule has 0 bridgehead atoms. The zero-order valence-electron chi connectivity index (χ0n) is 16.8. The zero-order valence-corrected chi connectivity index (χ0v) is 16.8. The summed E-state index contributed by atoms with van der Waals surface area (Å²) >= 11 is 0. The third-order valence-corrected chi connectivity index (χ3v) is 4.87. The predicted molar refractivity (Wildman–Crippen MR) is 109 cm³/mol. The standard InChI is InChI=1S/C23H24N2O4/c1-16-14-20(22(26)15-29-23(27)21-6-4-5-12-24-21)17(2)25(16)13-11-18-7-9-19(28-3)10-8-18/h4-10,12,14H,11,13,15H2,1-3H3. The number of pyridine rings is 1. The minimum Gasteiger partial charge on any atom is -0.497 e. The van der Waals surface area contributed by atoms with Gasteiger partial charge in [-0.25, -0.2) is 9.78 Å². The van der Waals surface area contributed by atoms with Crippen LogP contribution in [0.5, 0.6) is 5.75 Å². The van der Waals surface area contributed by atoms with E-state index >= 15 is 0 Å². The van der Waals surface area contributed by atoms with Crippen molar-refractivity contribution in [1.29, 1.82) is 0 Å². The lowest BCUT2D eigenvalue weighted by Crippen LogP contribution is -2.16. The van der Waals surface area contributed by atoms with E-state index in [1.807, 2.05) is 44.2 Å². The molecule has 6 nitrogen and oxygen atoms in total. The van der Waals surface area contributed by atoms with Gasteiger partial charge in [-0.15, -0.1) is 0 Å². The van der Waals surface area contributed by atoms with Gasteiger partial charge in [-0.1, -0.05) is 18.2 Å². The number of ether oxygens (including phenoxy) is 2. The van der Waals surface area contributed by atoms with Crippen molar-refractivity contribution in [2.45, 2.75) is 26.8 Å². The highest BCUT2D eigenvalue weighted by molar-refractivity contribution is 6.00. The van der Waals surface area contributed by atoms with Gasteiger partial charge < -0.3 is 14.0 Å². The maximum atomic E-state index is 12.6. The van der Waals surface area contributed by atoms with Crippen LogP contribution in [0.1, 0.15) is 37.8 Å². The van der Waals surface area contributed by atoms with Crippen LogP contribution in [0.4, 0.5) is 0 Å². The van der Waals surface area contributed by atoms with Crippen molar-refractivity contribution in [3.8, 4) is 5.75 Å². The monoisotopic (exact) mass is 392 g/mol. The van der Waals surface area contributed by atoms with Crippen molar-refractivity contribution in [1.82, 2.24) is 9.55 Å². The molecule has 0 radical (unpaired) electrons. The Hall–Kier alpha value is -3.41. The number of Topliss-reactive ketones (excluding diaryl/α,β-unsaturated/α-hetero) is 1. The Morgan fingerprint density at radius 1 is 1.07 bits per heavy atom. The summed E-state index contributed by atoms with van der Waals surface area (Å²) in [5.74, 6) is 0.000509. The molecule has 0 atom stereocenters. The van der Waals surface area contributed by atoms with E-state index in [-0.39, 0.29) is 18.1 Å². The van der Waals surface area contributed by atoms with E-state index in [1.165, 1.54) is 11.8 Å². The smallest absolute Gasteiger partial charge is 0.357 e. The van der Waals surface area contributed by atoms with Gasteiger partial charge in [0.1, 0.15) is 11.4 Å². The molecule has 0 saturated carbocycles. The van der Waals surface area contributed by atoms with Gasteiger partial charge in [-0.05, 0) is 56.2 Å². The first kappa shape index (κ1) is 20.3. The number of esters is 1. The molecule has 0 N–H and O–H groups in total. The fourth-order valence-electron chi connectivity index (χ4n) is 3.23. The number of aromatic nitrogens is 2. The van der Waals surface area contributed by atoms with Crippen molar-refractivity contribution >= 4 is 11.8 Å². The summed E-state index contributed by atoms with van der Waals surface area (Å²) < 4.78 is 12.4. The molecular weight excluding hydrogens is 368 g/mol. The second kappa shape index (κ2) is 9.19. The summed E-state index contributed by atoms with van der Waals surface area (Å²) in [7, 11) is 1.65. The fourth-order valence-corrected chi connectivity index (χ4v) is 3.23. The van der Waals surface area contributed by atoms with E-state index < -0.39 is 5.97 Å². The van der Waals surface area contributed by atoms with E-state index in [4.69, 9.17) is 9.47 Å². The summed E-state index contributed by atoms with van der Waals surface area (Å²) in [6.07, 6.45) is 2.34. The largest absolute Gasteiger partial charge is 0.497 e. The van der Waals surface area contributed by atoms with Gasteiger partial charge in [-0.3, -0.25) is 4.79 Å². The third-order valence-electron chi connectivity index (χ3n) is 4.87. The van der Waals surface area contributed by atoms with Gasteiger partial charge in [0, 0.05) is 29.7 Å². The molecule has 3 rings (SSSR count). The van der Waals surface area contributed by atoms with Crippen LogP contribution >= 0.6 is 0 Å². The van der Waals surface area contributed by atoms with E-state index in [2.05, 4.69) is 9.55 Å². The summed E-state index contributed by atoms with van der Waals surface area (Å²) in [6.45, 7) is 4.33. The van der Waals surface area contributed by atoms with E-state index in [0.717, 1.165) is 30.1 Å². The minimum absolute atomic E-state index is 0.185. The van der Waals surface area contributed by atoms with Gasteiger partial charge in [0.15, 0.2) is 6.61 Å². The molecule has 0 aliphatic carbocycles. The first-order valence-electron chi connectivity index (χ1n) is 9.40. The van der Waals surface area contributed by atoms with Crippen LogP contribution < -0.4 is 4.74 Å². The first-order chi connectivity index (χ1) is 14.0. The second-order valence-corrected chi connectivity index (χ2v) is 6.75. The predicted octanol–water partition coefficient (Wildman–Crippen LogP) is 3.79.